The van der Waals surface area contributed by atoms with E-state index >= 15 is 0 Å². The van der Waals surface area contributed by atoms with Crippen molar-refractivity contribution in [3.05, 3.63) is 59.4 Å². The summed E-state index contributed by atoms with van der Waals surface area (Å²) in [6, 6.07) is 9.46. The van der Waals surface area contributed by atoms with E-state index in [1.165, 1.54) is 6.20 Å². The Hall–Kier alpha value is -2.41. The van der Waals surface area contributed by atoms with Crippen LogP contribution in [0.25, 0.3) is 0 Å². The van der Waals surface area contributed by atoms with Gasteiger partial charge in [0.2, 0.25) is 0 Å². The van der Waals surface area contributed by atoms with Crippen molar-refractivity contribution in [2.24, 2.45) is 0 Å². The Bertz CT molecular complexity index is 881. The summed E-state index contributed by atoms with van der Waals surface area (Å²) in [4.78, 5) is 16.4. The lowest BCUT2D eigenvalue weighted by molar-refractivity contribution is 0.0950. The van der Waals surface area contributed by atoms with E-state index in [0.717, 1.165) is 11.1 Å². The fourth-order valence-corrected chi connectivity index (χ4v) is 4.55. The van der Waals surface area contributed by atoms with Gasteiger partial charge >= 0.3 is 0 Å². The molecule has 0 saturated carbocycles. The number of aryl methyl sites for hydroxylation is 1. The van der Waals surface area contributed by atoms with E-state index in [-0.39, 0.29) is 23.5 Å². The first-order valence-corrected chi connectivity index (χ1v) is 10.00. The molecule has 2 heterocycles. The highest BCUT2D eigenvalue weighted by molar-refractivity contribution is 7.91. The Morgan fingerprint density at radius 2 is 2.08 bits per heavy atom. The van der Waals surface area contributed by atoms with E-state index in [1.54, 1.807) is 12.3 Å². The second kappa shape index (κ2) is 7.23. The second-order valence-corrected chi connectivity index (χ2v) is 8.54. The number of pyridine rings is 1. The number of sulfone groups is 1. The summed E-state index contributed by atoms with van der Waals surface area (Å²) in [5.41, 5.74) is 3.29. The van der Waals surface area contributed by atoms with Crippen molar-refractivity contribution in [2.75, 3.05) is 16.8 Å². The molecule has 1 aliphatic rings. The number of carbonyl (C=O) groups excluding carboxylic acids is 1. The maximum atomic E-state index is 12.3. The second-order valence-electron chi connectivity index (χ2n) is 6.32. The normalized spacial score (nSPS) is 18.7. The van der Waals surface area contributed by atoms with E-state index in [4.69, 9.17) is 0 Å². The van der Waals surface area contributed by atoms with Crippen LogP contribution in [0.15, 0.2) is 42.7 Å². The maximum absolute atomic E-state index is 12.3. The molecule has 0 radical (unpaired) electrons. The van der Waals surface area contributed by atoms with E-state index in [9.17, 15) is 13.2 Å². The summed E-state index contributed by atoms with van der Waals surface area (Å²) >= 11 is 0. The number of aromatic nitrogens is 1. The van der Waals surface area contributed by atoms with Gasteiger partial charge in [-0.25, -0.2) is 8.42 Å². The third-order valence-electron chi connectivity index (χ3n) is 4.30. The van der Waals surface area contributed by atoms with Crippen molar-refractivity contribution in [2.45, 2.75) is 25.9 Å². The van der Waals surface area contributed by atoms with Crippen LogP contribution in [0.1, 0.15) is 27.9 Å². The number of amides is 1. The smallest absolute Gasteiger partial charge is 0.253 e. The summed E-state index contributed by atoms with van der Waals surface area (Å²) in [7, 11) is -2.95. The van der Waals surface area contributed by atoms with Crippen molar-refractivity contribution in [3.8, 4) is 0 Å². The molecule has 1 saturated heterocycles. The monoisotopic (exact) mass is 359 g/mol. The molecule has 1 fully saturated rings. The third kappa shape index (κ3) is 4.57. The largest absolute Gasteiger partial charge is 0.380 e. The van der Waals surface area contributed by atoms with Crippen molar-refractivity contribution < 1.29 is 13.2 Å². The minimum atomic E-state index is -2.95. The molecule has 132 valence electrons. The van der Waals surface area contributed by atoms with Crippen molar-refractivity contribution in [1.82, 2.24) is 10.3 Å². The van der Waals surface area contributed by atoms with Gasteiger partial charge in [-0.15, -0.1) is 0 Å². The Labute approximate surface area is 147 Å². The molecule has 7 heteroatoms. The molecule has 0 bridgehead atoms. The predicted octanol–water partition coefficient (Wildman–Crippen LogP) is 1.92. The maximum Gasteiger partial charge on any atom is 0.253 e. The van der Waals surface area contributed by atoms with Crippen molar-refractivity contribution in [1.29, 1.82) is 0 Å². The predicted molar refractivity (Wildman–Crippen MR) is 97.3 cm³/mol. The zero-order chi connectivity index (χ0) is 17.9. The Kier molecular flexibility index (Phi) is 5.03. The lowest BCUT2D eigenvalue weighted by Crippen LogP contribution is -2.24. The lowest BCUT2D eigenvalue weighted by atomic mass is 10.1. The molecule has 1 aliphatic heterocycles. The molecule has 0 spiro atoms. The third-order valence-corrected chi connectivity index (χ3v) is 6.07. The lowest BCUT2D eigenvalue weighted by Gasteiger charge is -2.13. The number of benzene rings is 1. The minimum absolute atomic E-state index is 0.122. The van der Waals surface area contributed by atoms with Crippen LogP contribution in [0.2, 0.25) is 0 Å². The molecule has 1 aromatic heterocycles. The van der Waals surface area contributed by atoms with Crippen LogP contribution in [0.5, 0.6) is 0 Å². The molecule has 1 amide bonds. The number of rotatable bonds is 5. The van der Waals surface area contributed by atoms with Gasteiger partial charge in [0.15, 0.2) is 9.84 Å². The molecule has 1 unspecified atom stereocenters. The summed E-state index contributed by atoms with van der Waals surface area (Å²) in [6.07, 6.45) is 3.68. The van der Waals surface area contributed by atoms with Gasteiger partial charge in [0.1, 0.15) is 0 Å². The van der Waals surface area contributed by atoms with Gasteiger partial charge in [-0.1, -0.05) is 24.3 Å². The van der Waals surface area contributed by atoms with Gasteiger partial charge in [-0.3, -0.25) is 9.78 Å². The van der Waals surface area contributed by atoms with Crippen LogP contribution in [0, 0.1) is 6.92 Å². The molecule has 2 aromatic rings. The zero-order valence-electron chi connectivity index (χ0n) is 14.0. The van der Waals surface area contributed by atoms with E-state index in [0.29, 0.717) is 24.2 Å². The molecular formula is C18H21N3O3S. The molecule has 1 aromatic carbocycles. The molecule has 2 N–H and O–H groups in total. The number of nitrogens with one attached hydrogen (secondary N) is 2. The summed E-state index contributed by atoms with van der Waals surface area (Å²) in [5, 5.41) is 6.04. The molecular weight excluding hydrogens is 338 g/mol. The summed E-state index contributed by atoms with van der Waals surface area (Å²) < 4.78 is 23.1. The first-order valence-electron chi connectivity index (χ1n) is 8.18. The van der Waals surface area contributed by atoms with Gasteiger partial charge in [0.05, 0.1) is 22.8 Å². The van der Waals surface area contributed by atoms with Gasteiger partial charge < -0.3 is 10.6 Å². The minimum Gasteiger partial charge on any atom is -0.380 e. The summed E-state index contributed by atoms with van der Waals surface area (Å²) in [5.74, 6) is 0.115. The van der Waals surface area contributed by atoms with Crippen LogP contribution in [-0.4, -0.2) is 36.9 Å². The Morgan fingerprint density at radius 1 is 1.28 bits per heavy atom. The number of anilines is 1. The molecule has 0 aliphatic carbocycles. The highest BCUT2D eigenvalue weighted by Gasteiger charge is 2.27. The van der Waals surface area contributed by atoms with E-state index in [2.05, 4.69) is 15.6 Å². The number of nitrogens with zero attached hydrogens (tertiary/aromatic N) is 1. The quantitative estimate of drug-likeness (QED) is 0.851. The average molecular weight is 359 g/mol. The highest BCUT2D eigenvalue weighted by atomic mass is 32.2. The van der Waals surface area contributed by atoms with Crippen molar-refractivity contribution >= 4 is 21.4 Å². The van der Waals surface area contributed by atoms with Gasteiger partial charge in [0, 0.05) is 25.0 Å². The molecule has 25 heavy (non-hydrogen) atoms. The fraction of sp³-hybridized carbons (Fsp3) is 0.333. The first kappa shape index (κ1) is 17.4. The van der Waals surface area contributed by atoms with Crippen LogP contribution in [0.4, 0.5) is 5.69 Å². The molecule has 1 atom stereocenters. The van der Waals surface area contributed by atoms with Crippen LogP contribution in [-0.2, 0) is 16.4 Å². The van der Waals surface area contributed by atoms with E-state index in [1.807, 2.05) is 31.2 Å². The standard InChI is InChI=1S/C18H21N3O3S/c1-13-4-2-3-5-14(13)10-20-18(22)15-8-17(11-19-9-15)21-16-6-7-25(23,24)12-16/h2-5,8-9,11,16,21H,6-7,10,12H2,1H3,(H,20,22). The molecule has 3 rings (SSSR count). The Balaban J connectivity index is 1.63. The van der Waals surface area contributed by atoms with Gasteiger partial charge in [-0.2, -0.15) is 0 Å². The average Bonchev–Trinajstić information content (AvgIpc) is 2.92. The number of hydrogen-bond donors (Lipinski definition) is 2. The number of carbonyl (C=O) groups is 1. The van der Waals surface area contributed by atoms with Crippen LogP contribution >= 0.6 is 0 Å². The first-order chi connectivity index (χ1) is 11.9. The topological polar surface area (TPSA) is 88.2 Å². The van der Waals surface area contributed by atoms with E-state index < -0.39 is 9.84 Å². The SMILES string of the molecule is Cc1ccccc1CNC(=O)c1cncc(NC2CCS(=O)(=O)C2)c1. The van der Waals surface area contributed by atoms with Crippen LogP contribution in [0.3, 0.4) is 0 Å². The Morgan fingerprint density at radius 3 is 2.80 bits per heavy atom. The summed E-state index contributed by atoms with van der Waals surface area (Å²) in [6.45, 7) is 2.45. The highest BCUT2D eigenvalue weighted by Crippen LogP contribution is 2.18. The number of hydrogen-bond acceptors (Lipinski definition) is 5. The van der Waals surface area contributed by atoms with Crippen molar-refractivity contribution in [3.63, 3.8) is 0 Å². The van der Waals surface area contributed by atoms with Gasteiger partial charge in [-0.05, 0) is 30.5 Å². The zero-order valence-corrected chi connectivity index (χ0v) is 14.8. The van der Waals surface area contributed by atoms with Gasteiger partial charge in [0.25, 0.3) is 5.91 Å². The van der Waals surface area contributed by atoms with Crippen LogP contribution < -0.4 is 10.6 Å². The fourth-order valence-electron chi connectivity index (χ4n) is 2.87. The molecule has 6 nitrogen and oxygen atoms in total.